The van der Waals surface area contributed by atoms with E-state index in [1.807, 2.05) is 42.6 Å². The Kier molecular flexibility index (Phi) is 3.21. The Bertz CT molecular complexity index is 1050. The van der Waals surface area contributed by atoms with Gasteiger partial charge in [0.1, 0.15) is 16.7 Å². The molecule has 26 heavy (non-hydrogen) atoms. The highest BCUT2D eigenvalue weighted by Gasteiger charge is 2.44. The number of nitrogens with one attached hydrogen (secondary N) is 1. The van der Waals surface area contributed by atoms with Crippen LogP contribution >= 0.6 is 11.6 Å². The molecular weight excluding hydrogens is 348 g/mol. The predicted molar refractivity (Wildman–Crippen MR) is 100 cm³/mol. The molecule has 0 fully saturated rings. The minimum Gasteiger partial charge on any atom is -0.455 e. The molecule has 1 atom stereocenters. The maximum absolute atomic E-state index is 6.18. The lowest BCUT2D eigenvalue weighted by molar-refractivity contribution is 0.422. The molecule has 0 unspecified atom stereocenters. The van der Waals surface area contributed by atoms with Crippen molar-refractivity contribution in [3.8, 4) is 22.6 Å². The van der Waals surface area contributed by atoms with Crippen LogP contribution in [0.4, 0.5) is 0 Å². The smallest absolute Gasteiger partial charge is 0.150 e. The first kappa shape index (κ1) is 15.2. The van der Waals surface area contributed by atoms with E-state index in [2.05, 4.69) is 21.4 Å². The molecule has 3 N–H and O–H groups in total. The van der Waals surface area contributed by atoms with Crippen molar-refractivity contribution in [2.45, 2.75) is 5.41 Å². The van der Waals surface area contributed by atoms with Crippen molar-refractivity contribution in [3.63, 3.8) is 0 Å². The van der Waals surface area contributed by atoms with Gasteiger partial charge >= 0.3 is 0 Å². The van der Waals surface area contributed by atoms with Gasteiger partial charge in [-0.3, -0.25) is 4.98 Å². The van der Waals surface area contributed by atoms with Gasteiger partial charge in [-0.15, -0.1) is 0 Å². The Morgan fingerprint density at radius 1 is 1.08 bits per heavy atom. The molecule has 1 aromatic carbocycles. The highest BCUT2D eigenvalue weighted by molar-refractivity contribution is 6.29. The lowest BCUT2D eigenvalue weighted by atomic mass is 9.73. The van der Waals surface area contributed by atoms with E-state index in [0.29, 0.717) is 23.3 Å². The molecule has 0 saturated carbocycles. The number of rotatable bonds is 1. The van der Waals surface area contributed by atoms with Crippen molar-refractivity contribution in [1.82, 2.24) is 15.3 Å². The normalized spacial score (nSPS) is 20.0. The van der Waals surface area contributed by atoms with Crippen LogP contribution in [0.3, 0.4) is 0 Å². The van der Waals surface area contributed by atoms with Crippen molar-refractivity contribution in [1.29, 1.82) is 0 Å². The first-order valence-electron chi connectivity index (χ1n) is 8.27. The molecule has 0 radical (unpaired) electrons. The summed E-state index contributed by atoms with van der Waals surface area (Å²) in [6.45, 7) is 0.638. The average molecular weight is 363 g/mol. The van der Waals surface area contributed by atoms with Crippen LogP contribution in [0, 0.1) is 0 Å². The van der Waals surface area contributed by atoms with Crippen molar-refractivity contribution in [2.75, 3.05) is 6.54 Å². The fourth-order valence-electron chi connectivity index (χ4n) is 3.75. The number of fused-ring (bicyclic) bond motifs is 4. The van der Waals surface area contributed by atoms with Crippen LogP contribution in [-0.2, 0) is 5.41 Å². The van der Waals surface area contributed by atoms with E-state index in [0.717, 1.165) is 28.0 Å². The molecule has 1 spiro atoms. The second kappa shape index (κ2) is 5.47. The number of ether oxygens (including phenoxy) is 1. The predicted octanol–water partition coefficient (Wildman–Crippen LogP) is 3.59. The highest BCUT2D eigenvalue weighted by Crippen LogP contribution is 2.51. The minimum absolute atomic E-state index is 0.428. The fourth-order valence-corrected chi connectivity index (χ4v) is 3.90. The second-order valence-corrected chi connectivity index (χ2v) is 6.87. The Balaban J connectivity index is 1.76. The van der Waals surface area contributed by atoms with Gasteiger partial charge in [0.05, 0.1) is 17.4 Å². The van der Waals surface area contributed by atoms with Gasteiger partial charge in [-0.1, -0.05) is 23.7 Å². The molecule has 0 aliphatic carbocycles. The summed E-state index contributed by atoms with van der Waals surface area (Å²) in [5.41, 5.74) is 9.77. The summed E-state index contributed by atoms with van der Waals surface area (Å²) in [6.07, 6.45) is 7.32. The Morgan fingerprint density at radius 3 is 2.73 bits per heavy atom. The van der Waals surface area contributed by atoms with Crippen molar-refractivity contribution in [3.05, 3.63) is 83.2 Å². The average Bonchev–Trinajstić information content (AvgIpc) is 3.06. The lowest BCUT2D eigenvalue weighted by Gasteiger charge is -2.35. The van der Waals surface area contributed by atoms with Gasteiger partial charge in [-0.05, 0) is 35.9 Å². The number of pyridine rings is 2. The van der Waals surface area contributed by atoms with Crippen LogP contribution in [-0.4, -0.2) is 16.5 Å². The van der Waals surface area contributed by atoms with E-state index in [4.69, 9.17) is 22.1 Å². The van der Waals surface area contributed by atoms with E-state index in [1.165, 1.54) is 0 Å². The van der Waals surface area contributed by atoms with Crippen LogP contribution in [0.25, 0.3) is 11.1 Å². The first-order valence-corrected chi connectivity index (χ1v) is 8.64. The molecule has 2 aliphatic heterocycles. The fraction of sp³-hybridized carbons (Fsp3) is 0.100. The van der Waals surface area contributed by atoms with Gasteiger partial charge in [0.2, 0.25) is 0 Å². The van der Waals surface area contributed by atoms with E-state index < -0.39 is 5.41 Å². The third-order valence-corrected chi connectivity index (χ3v) is 5.17. The molecule has 0 bridgehead atoms. The quantitative estimate of drug-likeness (QED) is 0.647. The van der Waals surface area contributed by atoms with Crippen LogP contribution in [0.5, 0.6) is 11.5 Å². The molecule has 6 heteroatoms. The molecule has 5 nitrogen and oxygen atoms in total. The van der Waals surface area contributed by atoms with Crippen LogP contribution < -0.4 is 15.8 Å². The minimum atomic E-state index is -0.447. The van der Waals surface area contributed by atoms with E-state index in [1.54, 1.807) is 12.4 Å². The van der Waals surface area contributed by atoms with Crippen LogP contribution in [0.2, 0.25) is 5.15 Å². The maximum Gasteiger partial charge on any atom is 0.150 e. The zero-order chi connectivity index (χ0) is 17.7. The van der Waals surface area contributed by atoms with Crippen LogP contribution in [0.1, 0.15) is 11.1 Å². The number of benzene rings is 1. The van der Waals surface area contributed by atoms with Crippen molar-refractivity contribution in [2.24, 2.45) is 5.73 Å². The van der Waals surface area contributed by atoms with E-state index in [9.17, 15) is 0 Å². The summed E-state index contributed by atoms with van der Waals surface area (Å²) in [7, 11) is 0. The number of nitrogens with two attached hydrogens (primary N) is 1. The number of aromatic nitrogens is 2. The monoisotopic (exact) mass is 362 g/mol. The number of hydrogen-bond donors (Lipinski definition) is 2. The topological polar surface area (TPSA) is 73.1 Å². The van der Waals surface area contributed by atoms with Gasteiger partial charge in [0.15, 0.2) is 0 Å². The van der Waals surface area contributed by atoms with Crippen LogP contribution in [0.15, 0.2) is 66.9 Å². The number of hydrogen-bond acceptors (Lipinski definition) is 5. The third kappa shape index (κ3) is 2.17. The molecule has 128 valence electrons. The summed E-state index contributed by atoms with van der Waals surface area (Å²) < 4.78 is 6.11. The van der Waals surface area contributed by atoms with Crippen molar-refractivity contribution < 1.29 is 4.74 Å². The Morgan fingerprint density at radius 2 is 1.96 bits per heavy atom. The Hall–Kier alpha value is -3.05. The molecule has 2 aliphatic rings. The number of nitrogens with zero attached hydrogens (tertiary/aromatic N) is 2. The maximum atomic E-state index is 6.18. The lowest BCUT2D eigenvalue weighted by Crippen LogP contribution is -2.34. The van der Waals surface area contributed by atoms with Gasteiger partial charge in [-0.25, -0.2) is 4.98 Å². The van der Waals surface area contributed by atoms with Crippen molar-refractivity contribution >= 4 is 11.6 Å². The van der Waals surface area contributed by atoms with Gasteiger partial charge in [0.25, 0.3) is 0 Å². The molecule has 5 rings (SSSR count). The summed E-state index contributed by atoms with van der Waals surface area (Å²) in [6, 6.07) is 12.0. The second-order valence-electron chi connectivity index (χ2n) is 6.48. The summed E-state index contributed by atoms with van der Waals surface area (Å²) >= 11 is 6.18. The van der Waals surface area contributed by atoms with Gasteiger partial charge < -0.3 is 15.8 Å². The molecule has 3 aromatic rings. The summed E-state index contributed by atoms with van der Waals surface area (Å²) in [5, 5.41) is 3.68. The highest BCUT2D eigenvalue weighted by atomic mass is 35.5. The van der Waals surface area contributed by atoms with E-state index in [-0.39, 0.29) is 0 Å². The zero-order valence-electron chi connectivity index (χ0n) is 13.7. The molecule has 0 amide bonds. The molecule has 2 aromatic heterocycles. The summed E-state index contributed by atoms with van der Waals surface area (Å²) in [5.74, 6) is 2.13. The zero-order valence-corrected chi connectivity index (χ0v) is 14.5. The van der Waals surface area contributed by atoms with E-state index >= 15 is 0 Å². The first-order chi connectivity index (χ1) is 12.7. The third-order valence-electron chi connectivity index (χ3n) is 4.96. The molecular formula is C20H15ClN4O. The standard InChI is InChI=1S/C20H15ClN4O/c21-18-7-15-17(10-24-18)26-16-4-3-12(13-2-1-5-23-9-13)6-14(16)20(15)8-19(22)25-11-20/h1-10,25H,11,22H2/t20-/m0/s1. The number of halogens is 1. The SMILES string of the molecule is NC1=C[C@]2(CN1)c1cc(-c3cccnc3)ccc1Oc1cnc(Cl)cc12. The molecule has 4 heterocycles. The van der Waals surface area contributed by atoms with Gasteiger partial charge in [-0.2, -0.15) is 0 Å². The Labute approximate surface area is 155 Å². The van der Waals surface area contributed by atoms with Gasteiger partial charge in [0, 0.05) is 35.6 Å². The molecule has 0 saturated heterocycles. The summed E-state index contributed by atoms with van der Waals surface area (Å²) in [4.78, 5) is 8.38. The largest absolute Gasteiger partial charge is 0.455 e.